The van der Waals surface area contributed by atoms with Crippen LogP contribution in [0.2, 0.25) is 0 Å². The molecule has 1 saturated heterocycles. The van der Waals surface area contributed by atoms with Gasteiger partial charge in [-0.3, -0.25) is 4.79 Å². The molecule has 1 aromatic carbocycles. The average Bonchev–Trinajstić information content (AvgIpc) is 2.58. The maximum absolute atomic E-state index is 12.2. The first-order chi connectivity index (χ1) is 11.1. The van der Waals surface area contributed by atoms with Crippen LogP contribution in [0.25, 0.3) is 6.08 Å². The topological polar surface area (TPSA) is 65.8 Å². The quantitative estimate of drug-likeness (QED) is 0.768. The molecule has 1 aliphatic heterocycles. The maximum atomic E-state index is 12.2. The van der Waals surface area contributed by atoms with Crippen LogP contribution < -0.4 is 9.47 Å². The molecule has 0 N–H and O–H groups in total. The SMILES string of the molecule is COc1cc(C=CC(=O)N2CCN(C)CC2)ccc1OCC#N. The van der Waals surface area contributed by atoms with Crippen LogP contribution >= 0.6 is 0 Å². The molecule has 0 unspecified atom stereocenters. The van der Waals surface area contributed by atoms with Crippen molar-refractivity contribution in [1.82, 2.24) is 9.80 Å². The monoisotopic (exact) mass is 315 g/mol. The number of rotatable bonds is 5. The second kappa shape index (κ2) is 8.20. The third-order valence-corrected chi connectivity index (χ3v) is 3.71. The smallest absolute Gasteiger partial charge is 0.246 e. The summed E-state index contributed by atoms with van der Waals surface area (Å²) < 4.78 is 10.5. The van der Waals surface area contributed by atoms with E-state index < -0.39 is 0 Å². The molecule has 1 amide bonds. The molecule has 0 saturated carbocycles. The number of benzene rings is 1. The number of hydrogen-bond donors (Lipinski definition) is 0. The number of amides is 1. The zero-order valence-electron chi connectivity index (χ0n) is 13.5. The molecular formula is C17H21N3O3. The van der Waals surface area contributed by atoms with Crippen molar-refractivity contribution in [2.24, 2.45) is 0 Å². The molecule has 0 bridgehead atoms. The summed E-state index contributed by atoms with van der Waals surface area (Å²) in [5.41, 5.74) is 0.841. The van der Waals surface area contributed by atoms with Crippen molar-refractivity contribution in [2.45, 2.75) is 0 Å². The Bertz CT molecular complexity index is 614. The van der Waals surface area contributed by atoms with E-state index in [9.17, 15) is 4.79 Å². The lowest BCUT2D eigenvalue weighted by molar-refractivity contribution is -0.127. The third-order valence-electron chi connectivity index (χ3n) is 3.71. The van der Waals surface area contributed by atoms with Gasteiger partial charge in [0.15, 0.2) is 18.1 Å². The zero-order chi connectivity index (χ0) is 16.7. The molecule has 1 heterocycles. The van der Waals surface area contributed by atoms with Crippen LogP contribution in [0.5, 0.6) is 11.5 Å². The van der Waals surface area contributed by atoms with Gasteiger partial charge in [0.1, 0.15) is 6.07 Å². The van der Waals surface area contributed by atoms with E-state index in [1.54, 1.807) is 24.3 Å². The minimum absolute atomic E-state index is 0.0156. The van der Waals surface area contributed by atoms with Crippen LogP contribution in [0.15, 0.2) is 24.3 Å². The molecule has 122 valence electrons. The molecule has 0 radical (unpaired) electrons. The Kier molecular flexibility index (Phi) is 6.01. The van der Waals surface area contributed by atoms with Gasteiger partial charge in [0.2, 0.25) is 5.91 Å². The minimum atomic E-state index is -0.0343. The molecule has 1 aromatic rings. The van der Waals surface area contributed by atoms with E-state index in [0.717, 1.165) is 31.7 Å². The number of nitriles is 1. The number of piperazine rings is 1. The molecule has 0 spiro atoms. The number of carbonyl (C=O) groups excluding carboxylic acids is 1. The molecule has 0 aliphatic carbocycles. The predicted octanol–water partition coefficient (Wildman–Crippen LogP) is 1.38. The van der Waals surface area contributed by atoms with Gasteiger partial charge in [0, 0.05) is 32.3 Å². The van der Waals surface area contributed by atoms with Crippen molar-refractivity contribution in [3.63, 3.8) is 0 Å². The van der Waals surface area contributed by atoms with Gasteiger partial charge in [-0.05, 0) is 30.8 Å². The Morgan fingerprint density at radius 2 is 2.04 bits per heavy atom. The highest BCUT2D eigenvalue weighted by Gasteiger charge is 2.16. The molecule has 6 heteroatoms. The molecular weight excluding hydrogens is 294 g/mol. The largest absolute Gasteiger partial charge is 0.493 e. The van der Waals surface area contributed by atoms with E-state index in [4.69, 9.17) is 14.7 Å². The number of likely N-dealkylation sites (N-methyl/N-ethyl adjacent to an activating group) is 1. The fourth-order valence-electron chi connectivity index (χ4n) is 2.32. The van der Waals surface area contributed by atoms with Crippen molar-refractivity contribution in [1.29, 1.82) is 5.26 Å². The lowest BCUT2D eigenvalue weighted by Gasteiger charge is -2.31. The fraction of sp³-hybridized carbons (Fsp3) is 0.412. The van der Waals surface area contributed by atoms with E-state index in [-0.39, 0.29) is 12.5 Å². The van der Waals surface area contributed by atoms with Crippen molar-refractivity contribution in [3.05, 3.63) is 29.8 Å². The zero-order valence-corrected chi connectivity index (χ0v) is 13.5. The number of hydrogen-bond acceptors (Lipinski definition) is 5. The summed E-state index contributed by atoms with van der Waals surface area (Å²) in [5.74, 6) is 1.06. The maximum Gasteiger partial charge on any atom is 0.246 e. The Morgan fingerprint density at radius 1 is 1.30 bits per heavy atom. The van der Waals surface area contributed by atoms with Crippen LogP contribution in [0.4, 0.5) is 0 Å². The second-order valence-electron chi connectivity index (χ2n) is 5.32. The summed E-state index contributed by atoms with van der Waals surface area (Å²) in [4.78, 5) is 16.2. The highest BCUT2D eigenvalue weighted by molar-refractivity contribution is 5.92. The lowest BCUT2D eigenvalue weighted by atomic mass is 10.2. The Hall–Kier alpha value is -2.52. The van der Waals surface area contributed by atoms with Crippen LogP contribution in [0, 0.1) is 11.3 Å². The number of ether oxygens (including phenoxy) is 2. The predicted molar refractivity (Wildman–Crippen MR) is 87.2 cm³/mol. The van der Waals surface area contributed by atoms with Gasteiger partial charge >= 0.3 is 0 Å². The average molecular weight is 315 g/mol. The van der Waals surface area contributed by atoms with Gasteiger partial charge in [0.25, 0.3) is 0 Å². The van der Waals surface area contributed by atoms with Gasteiger partial charge in [-0.1, -0.05) is 6.07 Å². The van der Waals surface area contributed by atoms with Gasteiger partial charge in [0.05, 0.1) is 7.11 Å². The van der Waals surface area contributed by atoms with Gasteiger partial charge in [-0.15, -0.1) is 0 Å². The first-order valence-electron chi connectivity index (χ1n) is 7.47. The van der Waals surface area contributed by atoms with E-state index in [2.05, 4.69) is 11.9 Å². The summed E-state index contributed by atoms with van der Waals surface area (Å²) in [6, 6.07) is 7.25. The third kappa shape index (κ3) is 4.73. The summed E-state index contributed by atoms with van der Waals surface area (Å²) in [5, 5.41) is 8.56. The van der Waals surface area contributed by atoms with Crippen molar-refractivity contribution >= 4 is 12.0 Å². The van der Waals surface area contributed by atoms with E-state index in [1.807, 2.05) is 17.0 Å². The summed E-state index contributed by atoms with van der Waals surface area (Å²) >= 11 is 0. The minimum Gasteiger partial charge on any atom is -0.493 e. The highest BCUT2D eigenvalue weighted by atomic mass is 16.5. The summed E-state index contributed by atoms with van der Waals surface area (Å²) in [6.45, 7) is 3.28. The summed E-state index contributed by atoms with van der Waals surface area (Å²) in [6.07, 6.45) is 3.34. The molecule has 0 aromatic heterocycles. The van der Waals surface area contributed by atoms with Gasteiger partial charge in [-0.25, -0.2) is 0 Å². The Balaban J connectivity index is 2.01. The van der Waals surface area contributed by atoms with Crippen LogP contribution in [0.3, 0.4) is 0 Å². The van der Waals surface area contributed by atoms with Gasteiger partial charge in [-0.2, -0.15) is 5.26 Å². The molecule has 1 fully saturated rings. The summed E-state index contributed by atoms with van der Waals surface area (Å²) in [7, 11) is 3.59. The molecule has 0 atom stereocenters. The number of methoxy groups -OCH3 is 1. The number of nitrogens with zero attached hydrogens (tertiary/aromatic N) is 3. The fourth-order valence-corrected chi connectivity index (χ4v) is 2.32. The van der Waals surface area contributed by atoms with Crippen LogP contribution in [-0.2, 0) is 4.79 Å². The highest BCUT2D eigenvalue weighted by Crippen LogP contribution is 2.28. The molecule has 6 nitrogen and oxygen atoms in total. The number of carbonyl (C=O) groups is 1. The van der Waals surface area contributed by atoms with Crippen LogP contribution in [0.1, 0.15) is 5.56 Å². The second-order valence-corrected chi connectivity index (χ2v) is 5.32. The van der Waals surface area contributed by atoms with Gasteiger partial charge < -0.3 is 19.3 Å². The van der Waals surface area contributed by atoms with E-state index in [1.165, 1.54) is 7.11 Å². The molecule has 1 aliphatic rings. The van der Waals surface area contributed by atoms with Crippen LogP contribution in [-0.4, -0.2) is 62.7 Å². The lowest BCUT2D eigenvalue weighted by Crippen LogP contribution is -2.46. The van der Waals surface area contributed by atoms with E-state index >= 15 is 0 Å². The Labute approximate surface area is 136 Å². The standard InChI is InChI=1S/C17H21N3O3/c1-19-8-10-20(11-9-19)17(21)6-4-14-3-5-15(23-12-7-18)16(13-14)22-2/h3-6,13H,8-12H2,1-2H3. The molecule has 23 heavy (non-hydrogen) atoms. The van der Waals surface area contributed by atoms with Crippen molar-refractivity contribution < 1.29 is 14.3 Å². The first kappa shape index (κ1) is 16.8. The van der Waals surface area contributed by atoms with Crippen molar-refractivity contribution in [3.8, 4) is 17.6 Å². The van der Waals surface area contributed by atoms with Crippen molar-refractivity contribution in [2.75, 3.05) is 46.9 Å². The van der Waals surface area contributed by atoms with E-state index in [0.29, 0.717) is 11.5 Å². The molecule has 2 rings (SSSR count). The normalized spacial score (nSPS) is 15.4. The first-order valence-corrected chi connectivity index (χ1v) is 7.47. The Morgan fingerprint density at radius 3 is 2.70 bits per heavy atom.